The molecule has 1 atom stereocenters. The zero-order chi connectivity index (χ0) is 17.3. The van der Waals surface area contributed by atoms with Crippen LogP contribution in [0.5, 0.6) is 0 Å². The molecule has 0 bridgehead atoms. The smallest absolute Gasteiger partial charge is 0.251 e. The minimum absolute atomic E-state index is 0.156. The van der Waals surface area contributed by atoms with Crippen LogP contribution in [0.25, 0.3) is 11.0 Å². The lowest BCUT2D eigenvalue weighted by molar-refractivity contribution is -0.139. The average molecular weight is 329 g/mol. The van der Waals surface area contributed by atoms with Crippen LogP contribution >= 0.6 is 0 Å². The molecular weight excluding hydrogens is 302 g/mol. The largest absolute Gasteiger partial charge is 0.380 e. The second kappa shape index (κ2) is 6.55. The summed E-state index contributed by atoms with van der Waals surface area (Å²) >= 11 is 0. The molecule has 0 aliphatic heterocycles. The van der Waals surface area contributed by atoms with Crippen LogP contribution in [0.1, 0.15) is 57.6 Å². The highest BCUT2D eigenvalue weighted by molar-refractivity contribution is 5.84. The number of imidazole rings is 1. The maximum absolute atomic E-state index is 12.1. The first kappa shape index (κ1) is 17.0. The quantitative estimate of drug-likeness (QED) is 0.906. The summed E-state index contributed by atoms with van der Waals surface area (Å²) in [7, 11) is 0. The molecule has 0 spiro atoms. The van der Waals surface area contributed by atoms with E-state index >= 15 is 0 Å². The zero-order valence-electron chi connectivity index (χ0n) is 14.7. The van der Waals surface area contributed by atoms with Gasteiger partial charge in [-0.3, -0.25) is 4.79 Å². The number of aliphatic hydroxyl groups is 1. The molecule has 130 valence electrons. The van der Waals surface area contributed by atoms with Gasteiger partial charge in [0.1, 0.15) is 5.60 Å². The van der Waals surface area contributed by atoms with Crippen LogP contribution in [0.2, 0.25) is 0 Å². The van der Waals surface area contributed by atoms with Crippen molar-refractivity contribution in [2.24, 2.45) is 0 Å². The zero-order valence-corrected chi connectivity index (χ0v) is 14.7. The summed E-state index contributed by atoms with van der Waals surface area (Å²) in [6, 6.07) is 6.97. The van der Waals surface area contributed by atoms with Crippen molar-refractivity contribution in [1.29, 1.82) is 0 Å². The Bertz CT molecular complexity index is 727. The molecule has 5 heteroatoms. The normalized spacial score (nSPS) is 23.8. The molecule has 1 fully saturated rings. The van der Waals surface area contributed by atoms with E-state index in [1.165, 1.54) is 11.1 Å². The Hall–Kier alpha value is -1.88. The van der Waals surface area contributed by atoms with Gasteiger partial charge in [0.15, 0.2) is 0 Å². The number of carbonyl (C=O) groups is 1. The predicted molar refractivity (Wildman–Crippen MR) is 94.8 cm³/mol. The number of aryl methyl sites for hydroxylation is 1. The molecule has 0 saturated heterocycles. The summed E-state index contributed by atoms with van der Waals surface area (Å²) in [6.07, 6.45) is 6.25. The van der Waals surface area contributed by atoms with Gasteiger partial charge < -0.3 is 15.0 Å². The van der Waals surface area contributed by atoms with Gasteiger partial charge in [-0.25, -0.2) is 4.98 Å². The van der Waals surface area contributed by atoms with E-state index in [1.807, 2.05) is 13.3 Å². The summed E-state index contributed by atoms with van der Waals surface area (Å²) < 4.78 is 2.27. The minimum atomic E-state index is -1.27. The van der Waals surface area contributed by atoms with Crippen LogP contribution in [-0.4, -0.2) is 32.2 Å². The summed E-state index contributed by atoms with van der Waals surface area (Å²) in [4.78, 5) is 16.6. The lowest BCUT2D eigenvalue weighted by Gasteiger charge is -2.32. The van der Waals surface area contributed by atoms with Crippen LogP contribution in [0.3, 0.4) is 0 Å². The number of benzene rings is 1. The van der Waals surface area contributed by atoms with E-state index in [4.69, 9.17) is 0 Å². The van der Waals surface area contributed by atoms with Crippen LogP contribution in [0.4, 0.5) is 0 Å². The van der Waals surface area contributed by atoms with Crippen LogP contribution in [-0.2, 0) is 4.79 Å². The molecule has 3 rings (SSSR count). The van der Waals surface area contributed by atoms with Crippen molar-refractivity contribution in [3.05, 3.63) is 30.1 Å². The van der Waals surface area contributed by atoms with Crippen molar-refractivity contribution in [3.63, 3.8) is 0 Å². The molecule has 2 N–H and O–H groups in total. The highest BCUT2D eigenvalue weighted by Gasteiger charge is 2.31. The van der Waals surface area contributed by atoms with E-state index in [2.05, 4.69) is 40.0 Å². The van der Waals surface area contributed by atoms with E-state index in [-0.39, 0.29) is 11.9 Å². The molecule has 0 radical (unpaired) electrons. The Morgan fingerprint density at radius 2 is 2.08 bits per heavy atom. The van der Waals surface area contributed by atoms with Crippen LogP contribution < -0.4 is 5.32 Å². The molecule has 1 amide bonds. The van der Waals surface area contributed by atoms with Gasteiger partial charge in [0.05, 0.1) is 17.4 Å². The highest BCUT2D eigenvalue weighted by Crippen LogP contribution is 2.31. The number of fused-ring (bicyclic) bond motifs is 1. The van der Waals surface area contributed by atoms with E-state index in [1.54, 1.807) is 6.92 Å². The van der Waals surface area contributed by atoms with Crippen molar-refractivity contribution < 1.29 is 9.90 Å². The number of amides is 1. The molecule has 1 unspecified atom stereocenters. The molecule has 5 nitrogen and oxygen atoms in total. The van der Waals surface area contributed by atoms with Crippen LogP contribution in [0.15, 0.2) is 24.5 Å². The molecule has 2 aromatic rings. The van der Waals surface area contributed by atoms with Crippen molar-refractivity contribution in [2.45, 2.75) is 70.6 Å². The molecule has 1 aromatic carbocycles. The maximum atomic E-state index is 12.1. The monoisotopic (exact) mass is 329 g/mol. The van der Waals surface area contributed by atoms with Crippen molar-refractivity contribution in [3.8, 4) is 0 Å². The van der Waals surface area contributed by atoms with Gasteiger partial charge >= 0.3 is 0 Å². The Labute approximate surface area is 143 Å². The predicted octanol–water partition coefficient (Wildman–Crippen LogP) is 3.11. The van der Waals surface area contributed by atoms with Gasteiger partial charge in [-0.05, 0) is 63.6 Å². The van der Waals surface area contributed by atoms with Gasteiger partial charge in [-0.2, -0.15) is 0 Å². The van der Waals surface area contributed by atoms with Gasteiger partial charge in [0.25, 0.3) is 5.91 Å². The Kier molecular flexibility index (Phi) is 4.63. The van der Waals surface area contributed by atoms with Crippen LogP contribution in [0, 0.1) is 6.92 Å². The SMILES string of the molecule is CCC(C)(O)C(=O)NC1CCC(n2cnc3cc(C)ccc32)CC1. The second-order valence-corrected chi connectivity index (χ2v) is 7.25. The van der Waals surface area contributed by atoms with Gasteiger partial charge in [-0.15, -0.1) is 0 Å². The third-order valence-corrected chi connectivity index (χ3v) is 5.33. The van der Waals surface area contributed by atoms with Gasteiger partial charge in [0.2, 0.25) is 0 Å². The van der Waals surface area contributed by atoms with E-state index < -0.39 is 5.60 Å². The van der Waals surface area contributed by atoms with E-state index in [0.29, 0.717) is 12.5 Å². The summed E-state index contributed by atoms with van der Waals surface area (Å²) in [6.45, 7) is 5.48. The highest BCUT2D eigenvalue weighted by atomic mass is 16.3. The topological polar surface area (TPSA) is 67.2 Å². The first-order valence-corrected chi connectivity index (χ1v) is 8.87. The molecule has 1 heterocycles. The number of hydrogen-bond donors (Lipinski definition) is 2. The first-order valence-electron chi connectivity index (χ1n) is 8.87. The van der Waals surface area contributed by atoms with Crippen molar-refractivity contribution >= 4 is 16.9 Å². The fourth-order valence-corrected chi connectivity index (χ4v) is 3.43. The molecule has 1 aromatic heterocycles. The number of nitrogens with one attached hydrogen (secondary N) is 1. The van der Waals surface area contributed by atoms with E-state index in [0.717, 1.165) is 31.2 Å². The lowest BCUT2D eigenvalue weighted by atomic mass is 9.90. The third-order valence-electron chi connectivity index (χ3n) is 5.33. The number of hydrogen-bond acceptors (Lipinski definition) is 3. The standard InChI is InChI=1S/C19H27N3O2/c1-4-19(3,24)18(23)21-14-6-8-15(9-7-14)22-12-20-16-11-13(2)5-10-17(16)22/h5,10-12,14-15,24H,4,6-9H2,1-3H3,(H,21,23). The minimum Gasteiger partial charge on any atom is -0.380 e. The number of nitrogens with zero attached hydrogens (tertiary/aromatic N) is 2. The number of carbonyl (C=O) groups excluding carboxylic acids is 1. The average Bonchev–Trinajstić information content (AvgIpc) is 2.98. The lowest BCUT2D eigenvalue weighted by Crippen LogP contribution is -2.49. The summed E-state index contributed by atoms with van der Waals surface area (Å²) in [5.41, 5.74) is 2.18. The molecule has 1 aliphatic rings. The van der Waals surface area contributed by atoms with Crippen molar-refractivity contribution in [2.75, 3.05) is 0 Å². The maximum Gasteiger partial charge on any atom is 0.251 e. The fraction of sp³-hybridized carbons (Fsp3) is 0.579. The number of aromatic nitrogens is 2. The van der Waals surface area contributed by atoms with Gasteiger partial charge in [0, 0.05) is 12.1 Å². The molecule has 1 saturated carbocycles. The summed E-state index contributed by atoms with van der Waals surface area (Å²) in [5, 5.41) is 13.0. The number of rotatable bonds is 4. The molecule has 24 heavy (non-hydrogen) atoms. The molecular formula is C19H27N3O2. The Morgan fingerprint density at radius 1 is 1.38 bits per heavy atom. The summed E-state index contributed by atoms with van der Waals surface area (Å²) in [5.74, 6) is -0.253. The molecule has 1 aliphatic carbocycles. The van der Waals surface area contributed by atoms with Gasteiger partial charge in [-0.1, -0.05) is 13.0 Å². The Balaban J connectivity index is 1.63. The fourth-order valence-electron chi connectivity index (χ4n) is 3.43. The first-order chi connectivity index (χ1) is 11.4. The van der Waals surface area contributed by atoms with Crippen molar-refractivity contribution in [1.82, 2.24) is 14.9 Å². The third kappa shape index (κ3) is 3.31. The van der Waals surface area contributed by atoms with E-state index in [9.17, 15) is 9.90 Å². The Morgan fingerprint density at radius 3 is 2.75 bits per heavy atom. The second-order valence-electron chi connectivity index (χ2n) is 7.25.